The summed E-state index contributed by atoms with van der Waals surface area (Å²) in [4.78, 5) is 0. The Labute approximate surface area is 129 Å². The third-order valence-electron chi connectivity index (χ3n) is 3.33. The van der Waals surface area contributed by atoms with E-state index >= 15 is 0 Å². The van der Waals surface area contributed by atoms with E-state index in [1.54, 1.807) is 0 Å². The molecule has 1 rings (SSSR count). The quantitative estimate of drug-likeness (QED) is 0.427. The van der Waals surface area contributed by atoms with Crippen molar-refractivity contribution in [2.24, 2.45) is 0 Å². The van der Waals surface area contributed by atoms with Gasteiger partial charge in [0.05, 0.1) is 0 Å². The van der Waals surface area contributed by atoms with Crippen LogP contribution in [-0.2, 0) is 0 Å². The topological polar surface area (TPSA) is 0 Å². The van der Waals surface area contributed by atoms with Crippen LogP contribution in [0.4, 0.5) is 0 Å². The Morgan fingerprint density at radius 3 is 0.944 bits per heavy atom. The van der Waals surface area contributed by atoms with Gasteiger partial charge < -0.3 is 0 Å². The molecular formula is C14H28S4. The molecule has 0 N–H and O–H groups in total. The van der Waals surface area contributed by atoms with Crippen LogP contribution in [0.3, 0.4) is 0 Å². The fourth-order valence-corrected chi connectivity index (χ4v) is 8.46. The monoisotopic (exact) mass is 324 g/mol. The molecule has 0 radical (unpaired) electrons. The van der Waals surface area contributed by atoms with Gasteiger partial charge in [-0.05, 0) is 32.5 Å². The van der Waals surface area contributed by atoms with Crippen molar-refractivity contribution in [3.05, 3.63) is 0 Å². The lowest BCUT2D eigenvalue weighted by Crippen LogP contribution is -1.84. The van der Waals surface area contributed by atoms with Gasteiger partial charge in [-0.1, -0.05) is 85.8 Å². The van der Waals surface area contributed by atoms with E-state index in [1.165, 1.54) is 88.6 Å². The van der Waals surface area contributed by atoms with Gasteiger partial charge in [-0.25, -0.2) is 0 Å². The predicted octanol–water partition coefficient (Wildman–Crippen LogP) is 7.36. The third kappa shape index (κ3) is 12.4. The van der Waals surface area contributed by atoms with Crippen molar-refractivity contribution in [3.8, 4) is 0 Å². The molecule has 1 saturated heterocycles. The highest BCUT2D eigenvalue weighted by Gasteiger charge is 1.97. The Bertz CT molecular complexity index is 88.8. The van der Waals surface area contributed by atoms with Gasteiger partial charge in [0.2, 0.25) is 0 Å². The molecule has 0 amide bonds. The number of hydrogen-bond donors (Lipinski definition) is 0. The maximum absolute atomic E-state index is 2.06. The first-order chi connectivity index (χ1) is 9.00. The van der Waals surface area contributed by atoms with Crippen molar-refractivity contribution in [3.63, 3.8) is 0 Å². The Kier molecular flexibility index (Phi) is 14.4. The molecule has 0 atom stereocenters. The lowest BCUT2D eigenvalue weighted by Gasteiger charge is -2.04. The second-order valence-electron chi connectivity index (χ2n) is 5.02. The van der Waals surface area contributed by atoms with Crippen molar-refractivity contribution in [2.45, 2.75) is 77.0 Å². The molecule has 0 spiro atoms. The van der Waals surface area contributed by atoms with Crippen molar-refractivity contribution in [1.29, 1.82) is 0 Å². The molecule has 0 unspecified atom stereocenters. The minimum absolute atomic E-state index is 1.35. The van der Waals surface area contributed by atoms with Crippen LogP contribution in [0.5, 0.6) is 0 Å². The zero-order chi connectivity index (χ0) is 12.7. The fourth-order valence-electron chi connectivity index (χ4n) is 2.20. The van der Waals surface area contributed by atoms with Crippen molar-refractivity contribution in [1.82, 2.24) is 0 Å². The minimum atomic E-state index is 1.35. The maximum Gasteiger partial charge on any atom is 0.00454 e. The van der Waals surface area contributed by atoms with Crippen LogP contribution in [0.15, 0.2) is 0 Å². The second kappa shape index (κ2) is 14.8. The summed E-state index contributed by atoms with van der Waals surface area (Å²) in [7, 11) is 8.10. The Balaban J connectivity index is 2.00. The molecule has 18 heavy (non-hydrogen) atoms. The molecule has 1 heterocycles. The number of rotatable bonds is 0. The second-order valence-corrected chi connectivity index (χ2v) is 11.3. The van der Waals surface area contributed by atoms with Gasteiger partial charge >= 0.3 is 0 Å². The van der Waals surface area contributed by atoms with E-state index in [4.69, 9.17) is 0 Å². The summed E-state index contributed by atoms with van der Waals surface area (Å²) in [6.07, 6.45) is 17.5. The largest absolute Gasteiger partial charge is 0.0817 e. The van der Waals surface area contributed by atoms with Crippen LogP contribution in [0.1, 0.15) is 77.0 Å². The standard InChI is InChI=1S/C14H28S4/c1-2-4-6-8-10-12-14-16-18-17-15-13-11-9-7-5-3-1/h1-14H2. The number of hydrogen-bond acceptors (Lipinski definition) is 4. The Hall–Kier alpha value is 1.40. The van der Waals surface area contributed by atoms with Gasteiger partial charge in [0.15, 0.2) is 0 Å². The first-order valence-corrected chi connectivity index (χ1v) is 12.7. The van der Waals surface area contributed by atoms with Crippen LogP contribution in [-0.4, -0.2) is 11.5 Å². The summed E-state index contributed by atoms with van der Waals surface area (Å²) in [5, 5.41) is 0. The highest BCUT2D eigenvalue weighted by atomic mass is 33.7. The molecule has 0 saturated carbocycles. The summed E-state index contributed by atoms with van der Waals surface area (Å²) in [5.41, 5.74) is 0. The molecule has 0 bridgehead atoms. The molecule has 1 fully saturated rings. The van der Waals surface area contributed by atoms with Gasteiger partial charge in [-0.15, -0.1) is 0 Å². The van der Waals surface area contributed by atoms with E-state index in [0.717, 1.165) is 0 Å². The Morgan fingerprint density at radius 2 is 0.611 bits per heavy atom. The first-order valence-electron chi connectivity index (χ1n) is 7.58. The fraction of sp³-hybridized carbons (Fsp3) is 1.00. The summed E-state index contributed by atoms with van der Waals surface area (Å²) in [5.74, 6) is 2.69. The van der Waals surface area contributed by atoms with Crippen LogP contribution in [0, 0.1) is 0 Å². The SMILES string of the molecule is C1CCCCCCCSSSSCCCCCC1. The van der Waals surface area contributed by atoms with Crippen molar-refractivity contribution >= 4 is 41.2 Å². The van der Waals surface area contributed by atoms with Crippen LogP contribution in [0.2, 0.25) is 0 Å². The average molecular weight is 325 g/mol. The maximum atomic E-state index is 2.06. The lowest BCUT2D eigenvalue weighted by molar-refractivity contribution is 0.549. The van der Waals surface area contributed by atoms with Gasteiger partial charge in [-0.2, -0.15) is 0 Å². The summed E-state index contributed by atoms with van der Waals surface area (Å²) in [6.45, 7) is 0. The van der Waals surface area contributed by atoms with E-state index in [-0.39, 0.29) is 0 Å². The molecule has 0 aromatic carbocycles. The highest BCUT2D eigenvalue weighted by molar-refractivity contribution is 9.26. The van der Waals surface area contributed by atoms with E-state index in [0.29, 0.717) is 0 Å². The first kappa shape index (κ1) is 17.5. The van der Waals surface area contributed by atoms with E-state index in [9.17, 15) is 0 Å². The van der Waals surface area contributed by atoms with Gasteiger partial charge in [0.1, 0.15) is 0 Å². The van der Waals surface area contributed by atoms with E-state index < -0.39 is 0 Å². The molecular weight excluding hydrogens is 296 g/mol. The van der Waals surface area contributed by atoms with Crippen LogP contribution < -0.4 is 0 Å². The van der Waals surface area contributed by atoms with Crippen molar-refractivity contribution in [2.75, 3.05) is 11.5 Å². The summed E-state index contributed by atoms with van der Waals surface area (Å²) >= 11 is 0. The summed E-state index contributed by atoms with van der Waals surface area (Å²) < 4.78 is 0. The Morgan fingerprint density at radius 1 is 0.333 bits per heavy atom. The molecule has 0 aromatic heterocycles. The molecule has 0 aliphatic carbocycles. The average Bonchev–Trinajstić information content (AvgIpc) is 2.39. The van der Waals surface area contributed by atoms with Gasteiger partial charge in [0.25, 0.3) is 0 Å². The molecule has 0 aromatic rings. The minimum Gasteiger partial charge on any atom is -0.0817 e. The normalized spacial score (nSPS) is 24.0. The zero-order valence-corrected chi connectivity index (χ0v) is 14.8. The highest BCUT2D eigenvalue weighted by Crippen LogP contribution is 2.43. The molecule has 1 aliphatic rings. The van der Waals surface area contributed by atoms with Crippen molar-refractivity contribution < 1.29 is 0 Å². The third-order valence-corrected chi connectivity index (χ3v) is 9.96. The molecule has 0 nitrogen and oxygen atoms in total. The van der Waals surface area contributed by atoms with Crippen LogP contribution >= 0.6 is 41.2 Å². The van der Waals surface area contributed by atoms with E-state index in [1.807, 2.05) is 19.7 Å². The molecule has 1 aliphatic heterocycles. The van der Waals surface area contributed by atoms with Crippen LogP contribution in [0.25, 0.3) is 0 Å². The molecule has 108 valence electrons. The zero-order valence-electron chi connectivity index (χ0n) is 11.5. The van der Waals surface area contributed by atoms with E-state index in [2.05, 4.69) is 21.6 Å². The molecule has 4 heteroatoms. The predicted molar refractivity (Wildman–Crippen MR) is 95.5 cm³/mol. The lowest BCUT2D eigenvalue weighted by atomic mass is 10.1. The smallest absolute Gasteiger partial charge is 0.00454 e. The summed E-state index contributed by atoms with van der Waals surface area (Å²) in [6, 6.07) is 0. The van der Waals surface area contributed by atoms with Gasteiger partial charge in [0, 0.05) is 11.5 Å². The van der Waals surface area contributed by atoms with Gasteiger partial charge in [-0.3, -0.25) is 0 Å².